The fraction of sp³-hybridized carbons (Fsp3) is 0.636. The maximum Gasteiger partial charge on any atom is 0.250 e. The molecule has 2 N–H and O–H groups in total. The molecule has 0 aliphatic rings. The van der Waals surface area contributed by atoms with Crippen molar-refractivity contribution in [3.63, 3.8) is 0 Å². The van der Waals surface area contributed by atoms with Crippen LogP contribution in [0.15, 0.2) is 16.3 Å². The van der Waals surface area contributed by atoms with Crippen LogP contribution in [0.5, 0.6) is 0 Å². The minimum atomic E-state index is -3.32. The van der Waals surface area contributed by atoms with Crippen molar-refractivity contribution in [3.8, 4) is 0 Å². The van der Waals surface area contributed by atoms with E-state index in [4.69, 9.17) is 0 Å². The number of hydrogen-bond donors (Lipinski definition) is 2. The Hall–Kier alpha value is -0.430. The van der Waals surface area contributed by atoms with Crippen molar-refractivity contribution in [1.82, 2.24) is 10.0 Å². The molecule has 0 aromatic carbocycles. The van der Waals surface area contributed by atoms with E-state index in [-0.39, 0.29) is 0 Å². The Morgan fingerprint density at radius 2 is 2.06 bits per heavy atom. The highest BCUT2D eigenvalue weighted by Gasteiger charge is 2.16. The molecule has 0 saturated heterocycles. The second kappa shape index (κ2) is 6.49. The molecule has 1 rings (SSSR count). The minimum absolute atomic E-state index is 0.311. The van der Waals surface area contributed by atoms with Crippen molar-refractivity contribution in [2.75, 3.05) is 13.1 Å². The molecule has 0 amide bonds. The van der Waals surface area contributed by atoms with Crippen LogP contribution in [-0.2, 0) is 16.6 Å². The van der Waals surface area contributed by atoms with Crippen molar-refractivity contribution < 1.29 is 8.42 Å². The predicted molar refractivity (Wildman–Crippen MR) is 71.7 cm³/mol. The third-order valence-electron chi connectivity index (χ3n) is 2.13. The van der Waals surface area contributed by atoms with E-state index < -0.39 is 10.0 Å². The number of sulfonamides is 1. The van der Waals surface area contributed by atoms with E-state index in [9.17, 15) is 8.42 Å². The monoisotopic (exact) mass is 276 g/mol. The van der Waals surface area contributed by atoms with Crippen LogP contribution in [0.3, 0.4) is 0 Å². The summed E-state index contributed by atoms with van der Waals surface area (Å²) >= 11 is 1.32. The van der Waals surface area contributed by atoms with Crippen molar-refractivity contribution in [2.24, 2.45) is 5.92 Å². The van der Waals surface area contributed by atoms with Crippen LogP contribution in [-0.4, -0.2) is 21.5 Å². The number of nitrogens with one attached hydrogen (secondary N) is 2. The number of hydrogen-bond acceptors (Lipinski definition) is 4. The molecule has 1 heterocycles. The van der Waals surface area contributed by atoms with Gasteiger partial charge in [-0.05, 0) is 24.6 Å². The molecule has 1 aromatic rings. The fourth-order valence-corrected chi connectivity index (χ4v) is 3.78. The molecule has 6 heteroatoms. The molecule has 98 valence electrons. The predicted octanol–water partition coefficient (Wildman–Crippen LogP) is 1.79. The molecular formula is C11H20N2O2S2. The molecule has 0 atom stereocenters. The highest BCUT2D eigenvalue weighted by Crippen LogP contribution is 2.21. The Kier molecular flexibility index (Phi) is 5.58. The summed E-state index contributed by atoms with van der Waals surface area (Å²) in [5, 5.41) is 3.17. The van der Waals surface area contributed by atoms with Gasteiger partial charge in [-0.15, -0.1) is 11.3 Å². The first-order chi connectivity index (χ1) is 7.95. The molecule has 0 aliphatic heterocycles. The lowest BCUT2D eigenvalue weighted by Crippen LogP contribution is -2.26. The Morgan fingerprint density at radius 3 is 2.65 bits per heavy atom. The summed E-state index contributed by atoms with van der Waals surface area (Å²) in [6, 6.07) is 3.53. The summed E-state index contributed by atoms with van der Waals surface area (Å²) in [5.74, 6) is 0.311. The zero-order chi connectivity index (χ0) is 12.9. The zero-order valence-corrected chi connectivity index (χ0v) is 12.1. The van der Waals surface area contributed by atoms with Crippen LogP contribution < -0.4 is 10.0 Å². The van der Waals surface area contributed by atoms with Gasteiger partial charge in [-0.25, -0.2) is 13.1 Å². The molecule has 0 saturated carbocycles. The summed E-state index contributed by atoms with van der Waals surface area (Å²) in [5.41, 5.74) is 0. The van der Waals surface area contributed by atoms with Crippen LogP contribution >= 0.6 is 11.3 Å². The van der Waals surface area contributed by atoms with E-state index in [2.05, 4.69) is 10.0 Å². The van der Waals surface area contributed by atoms with E-state index in [1.165, 1.54) is 11.3 Å². The number of rotatable bonds is 7. The van der Waals surface area contributed by atoms with Crippen molar-refractivity contribution in [3.05, 3.63) is 17.0 Å². The van der Waals surface area contributed by atoms with Gasteiger partial charge in [-0.3, -0.25) is 0 Å². The van der Waals surface area contributed by atoms with Crippen LogP contribution in [0.2, 0.25) is 0 Å². The van der Waals surface area contributed by atoms with Gasteiger partial charge in [0.25, 0.3) is 0 Å². The number of thiophene rings is 1. The highest BCUT2D eigenvalue weighted by atomic mass is 32.2. The van der Waals surface area contributed by atoms with Crippen LogP contribution in [0.25, 0.3) is 0 Å². The van der Waals surface area contributed by atoms with Crippen molar-refractivity contribution in [2.45, 2.75) is 31.5 Å². The summed E-state index contributed by atoms with van der Waals surface area (Å²) < 4.78 is 26.8. The molecular weight excluding hydrogens is 256 g/mol. The minimum Gasteiger partial charge on any atom is -0.312 e. The van der Waals surface area contributed by atoms with E-state index in [1.54, 1.807) is 6.07 Å². The van der Waals surface area contributed by atoms with Crippen LogP contribution in [0.4, 0.5) is 0 Å². The maximum atomic E-state index is 11.9. The molecule has 0 aliphatic carbocycles. The molecule has 4 nitrogen and oxygen atoms in total. The lowest BCUT2D eigenvalue weighted by atomic mass is 10.2. The molecule has 0 radical (unpaired) electrons. The smallest absolute Gasteiger partial charge is 0.250 e. The van der Waals surface area contributed by atoms with Gasteiger partial charge in [-0.2, -0.15) is 0 Å². The summed E-state index contributed by atoms with van der Waals surface area (Å²) in [7, 11) is -3.32. The molecule has 0 fully saturated rings. The van der Waals surface area contributed by atoms with Crippen molar-refractivity contribution in [1.29, 1.82) is 0 Å². The quantitative estimate of drug-likeness (QED) is 0.798. The molecule has 17 heavy (non-hydrogen) atoms. The highest BCUT2D eigenvalue weighted by molar-refractivity contribution is 7.91. The maximum absolute atomic E-state index is 11.9. The Balaban J connectivity index is 2.68. The molecule has 0 bridgehead atoms. The van der Waals surface area contributed by atoms with Gasteiger partial charge >= 0.3 is 0 Å². The lowest BCUT2D eigenvalue weighted by molar-refractivity contribution is 0.562. The average Bonchev–Trinajstić information content (AvgIpc) is 2.73. The van der Waals surface area contributed by atoms with Gasteiger partial charge in [0.2, 0.25) is 10.0 Å². The second-order valence-electron chi connectivity index (χ2n) is 4.25. The van der Waals surface area contributed by atoms with E-state index in [1.807, 2.05) is 26.8 Å². The normalized spacial score (nSPS) is 12.2. The SMILES string of the molecule is CCNCc1ccc(S(=O)(=O)NCC(C)C)s1. The Bertz CT molecular complexity index is 438. The van der Waals surface area contributed by atoms with Gasteiger partial charge in [-0.1, -0.05) is 20.8 Å². The fourth-order valence-electron chi connectivity index (χ4n) is 1.19. The first-order valence-corrected chi connectivity index (χ1v) is 8.04. The van der Waals surface area contributed by atoms with E-state index >= 15 is 0 Å². The van der Waals surface area contributed by atoms with Gasteiger partial charge in [0.05, 0.1) is 0 Å². The van der Waals surface area contributed by atoms with E-state index in [0.29, 0.717) is 16.7 Å². The topological polar surface area (TPSA) is 58.2 Å². The lowest BCUT2D eigenvalue weighted by Gasteiger charge is -2.06. The first kappa shape index (κ1) is 14.6. The van der Waals surface area contributed by atoms with E-state index in [0.717, 1.165) is 18.0 Å². The van der Waals surface area contributed by atoms with Crippen LogP contribution in [0, 0.1) is 5.92 Å². The molecule has 0 spiro atoms. The average molecular weight is 276 g/mol. The van der Waals surface area contributed by atoms with Gasteiger partial charge in [0.15, 0.2) is 0 Å². The summed E-state index contributed by atoms with van der Waals surface area (Å²) in [6.45, 7) is 8.06. The standard InChI is InChI=1S/C11H20N2O2S2/c1-4-12-8-10-5-6-11(16-10)17(14,15)13-7-9(2)3/h5-6,9,12-13H,4,7-8H2,1-3H3. The largest absolute Gasteiger partial charge is 0.312 e. The third kappa shape index (κ3) is 4.75. The third-order valence-corrected chi connectivity index (χ3v) is 5.13. The van der Waals surface area contributed by atoms with Crippen LogP contribution in [0.1, 0.15) is 25.6 Å². The van der Waals surface area contributed by atoms with Gasteiger partial charge in [0.1, 0.15) is 4.21 Å². The zero-order valence-electron chi connectivity index (χ0n) is 10.5. The second-order valence-corrected chi connectivity index (χ2v) is 7.41. The van der Waals surface area contributed by atoms with Gasteiger partial charge < -0.3 is 5.32 Å². The molecule has 0 unspecified atom stereocenters. The summed E-state index contributed by atoms with van der Waals surface area (Å²) in [6.07, 6.45) is 0. The Morgan fingerprint density at radius 1 is 1.35 bits per heavy atom. The molecule has 1 aromatic heterocycles. The first-order valence-electron chi connectivity index (χ1n) is 5.74. The van der Waals surface area contributed by atoms with Gasteiger partial charge in [0, 0.05) is 18.0 Å². The summed E-state index contributed by atoms with van der Waals surface area (Å²) in [4.78, 5) is 1.04. The van der Waals surface area contributed by atoms with Crippen molar-refractivity contribution >= 4 is 21.4 Å². The Labute approximate surface area is 107 Å².